The van der Waals surface area contributed by atoms with Crippen molar-refractivity contribution < 1.29 is 29.1 Å². The van der Waals surface area contributed by atoms with E-state index in [9.17, 15) is 24.8 Å². The SMILES string of the molecule is CC(C)(C)OC(=O)N1C[C@H](OCc2ccc([N+](=O)[O-])cc2)C[C@H]1C(=O)O. The van der Waals surface area contributed by atoms with Gasteiger partial charge in [-0.05, 0) is 38.5 Å². The number of carboxylic acid groups (broad SMARTS) is 1. The number of likely N-dealkylation sites (tertiary alicyclic amines) is 1. The zero-order valence-electron chi connectivity index (χ0n) is 14.9. The monoisotopic (exact) mass is 366 g/mol. The second-order valence-corrected chi connectivity index (χ2v) is 7.08. The molecule has 9 heteroatoms. The van der Waals surface area contributed by atoms with Crippen molar-refractivity contribution in [2.45, 2.75) is 51.5 Å². The van der Waals surface area contributed by atoms with E-state index in [1.807, 2.05) is 0 Å². The number of nitrogens with zero attached hydrogens (tertiary/aromatic N) is 2. The minimum Gasteiger partial charge on any atom is -0.480 e. The molecule has 2 atom stereocenters. The van der Waals surface area contributed by atoms with Gasteiger partial charge < -0.3 is 14.6 Å². The summed E-state index contributed by atoms with van der Waals surface area (Å²) in [6.45, 7) is 5.40. The number of carboxylic acids is 1. The molecule has 2 rings (SSSR count). The van der Waals surface area contributed by atoms with Crippen molar-refractivity contribution in [1.29, 1.82) is 0 Å². The Morgan fingerprint density at radius 1 is 1.31 bits per heavy atom. The van der Waals surface area contributed by atoms with E-state index in [1.54, 1.807) is 32.9 Å². The molecule has 0 radical (unpaired) electrons. The number of nitro groups is 1. The van der Waals surface area contributed by atoms with Crippen molar-refractivity contribution in [3.63, 3.8) is 0 Å². The van der Waals surface area contributed by atoms with Crippen LogP contribution in [-0.2, 0) is 20.9 Å². The van der Waals surface area contributed by atoms with Gasteiger partial charge in [-0.25, -0.2) is 9.59 Å². The van der Waals surface area contributed by atoms with Gasteiger partial charge in [0.05, 0.1) is 24.2 Å². The van der Waals surface area contributed by atoms with Crippen LogP contribution in [0.25, 0.3) is 0 Å². The van der Waals surface area contributed by atoms with Crippen LogP contribution >= 0.6 is 0 Å². The van der Waals surface area contributed by atoms with Crippen molar-refractivity contribution >= 4 is 17.7 Å². The molecule has 1 heterocycles. The smallest absolute Gasteiger partial charge is 0.411 e. The largest absolute Gasteiger partial charge is 0.480 e. The molecule has 1 aromatic carbocycles. The van der Waals surface area contributed by atoms with Crippen molar-refractivity contribution in [2.75, 3.05) is 6.54 Å². The zero-order chi connectivity index (χ0) is 19.5. The molecule has 1 fully saturated rings. The molecule has 0 aromatic heterocycles. The third-order valence-electron chi connectivity index (χ3n) is 3.81. The van der Waals surface area contributed by atoms with Crippen LogP contribution in [-0.4, -0.2) is 51.3 Å². The highest BCUT2D eigenvalue weighted by Crippen LogP contribution is 2.24. The summed E-state index contributed by atoms with van der Waals surface area (Å²) in [5.74, 6) is -1.11. The number of hydrogen-bond donors (Lipinski definition) is 1. The van der Waals surface area contributed by atoms with E-state index >= 15 is 0 Å². The number of carbonyl (C=O) groups is 2. The lowest BCUT2D eigenvalue weighted by Crippen LogP contribution is -2.43. The Morgan fingerprint density at radius 2 is 1.92 bits per heavy atom. The third kappa shape index (κ3) is 5.16. The molecule has 1 N–H and O–H groups in total. The van der Waals surface area contributed by atoms with Gasteiger partial charge >= 0.3 is 12.1 Å². The Kier molecular flexibility index (Phi) is 5.81. The van der Waals surface area contributed by atoms with E-state index in [2.05, 4.69) is 0 Å². The van der Waals surface area contributed by atoms with E-state index in [0.717, 1.165) is 10.5 Å². The van der Waals surface area contributed by atoms with Crippen LogP contribution in [0.1, 0.15) is 32.8 Å². The number of carbonyl (C=O) groups excluding carboxylic acids is 1. The number of aliphatic carboxylic acids is 1. The maximum absolute atomic E-state index is 12.2. The van der Waals surface area contributed by atoms with Gasteiger partial charge in [0.1, 0.15) is 11.6 Å². The predicted octanol–water partition coefficient (Wildman–Crippen LogP) is 2.57. The van der Waals surface area contributed by atoms with Crippen LogP contribution < -0.4 is 0 Å². The molecule has 26 heavy (non-hydrogen) atoms. The molecule has 1 aromatic rings. The fourth-order valence-corrected chi connectivity index (χ4v) is 2.60. The number of benzene rings is 1. The summed E-state index contributed by atoms with van der Waals surface area (Å²) in [4.78, 5) is 35.0. The van der Waals surface area contributed by atoms with Crippen LogP contribution in [0.3, 0.4) is 0 Å². The Labute approximate surface area is 150 Å². The molecule has 0 spiro atoms. The molecule has 1 aliphatic rings. The maximum Gasteiger partial charge on any atom is 0.411 e. The Balaban J connectivity index is 1.97. The van der Waals surface area contributed by atoms with Gasteiger partial charge in [0.2, 0.25) is 0 Å². The van der Waals surface area contributed by atoms with Gasteiger partial charge in [0.25, 0.3) is 5.69 Å². The molecule has 0 aliphatic carbocycles. The average molecular weight is 366 g/mol. The number of non-ortho nitro benzene ring substituents is 1. The summed E-state index contributed by atoms with van der Waals surface area (Å²) in [5, 5.41) is 20.0. The van der Waals surface area contributed by atoms with Crippen molar-refractivity contribution in [3.05, 3.63) is 39.9 Å². The van der Waals surface area contributed by atoms with Gasteiger partial charge in [-0.15, -0.1) is 0 Å². The molecule has 0 saturated carbocycles. The summed E-state index contributed by atoms with van der Waals surface area (Å²) in [6.07, 6.45) is -0.994. The molecular formula is C17H22N2O7. The van der Waals surface area contributed by atoms with Gasteiger partial charge in [-0.3, -0.25) is 15.0 Å². The number of ether oxygens (including phenoxy) is 2. The van der Waals surface area contributed by atoms with Gasteiger partial charge in [0, 0.05) is 18.6 Å². The Hall–Kier alpha value is -2.68. The zero-order valence-corrected chi connectivity index (χ0v) is 14.9. The predicted molar refractivity (Wildman–Crippen MR) is 90.7 cm³/mol. The highest BCUT2D eigenvalue weighted by atomic mass is 16.6. The van der Waals surface area contributed by atoms with Crippen molar-refractivity contribution in [2.24, 2.45) is 0 Å². The van der Waals surface area contributed by atoms with Crippen LogP contribution in [0, 0.1) is 10.1 Å². The molecule has 1 aliphatic heterocycles. The standard InChI is InChI=1S/C17H22N2O7/c1-17(2,3)26-16(22)18-9-13(8-14(18)15(20)21)25-10-11-4-6-12(7-5-11)19(23)24/h4-7,13-14H,8-10H2,1-3H3,(H,20,21)/t13-,14+/m1/s1. The topological polar surface area (TPSA) is 119 Å². The molecule has 1 saturated heterocycles. The first kappa shape index (κ1) is 19.6. The fraction of sp³-hybridized carbons (Fsp3) is 0.529. The Bertz CT molecular complexity index is 681. The van der Waals surface area contributed by atoms with Crippen LogP contribution in [0.15, 0.2) is 24.3 Å². The number of nitro benzene ring substituents is 1. The minimum atomic E-state index is -1.11. The lowest BCUT2D eigenvalue weighted by molar-refractivity contribution is -0.384. The first-order valence-electron chi connectivity index (χ1n) is 8.14. The average Bonchev–Trinajstić information content (AvgIpc) is 2.96. The quantitative estimate of drug-likeness (QED) is 0.628. The van der Waals surface area contributed by atoms with Gasteiger partial charge in [-0.1, -0.05) is 0 Å². The van der Waals surface area contributed by atoms with Crippen LogP contribution in [0.2, 0.25) is 0 Å². The lowest BCUT2D eigenvalue weighted by atomic mass is 10.2. The fourth-order valence-electron chi connectivity index (χ4n) is 2.60. The van der Waals surface area contributed by atoms with E-state index in [1.165, 1.54) is 12.1 Å². The normalized spacial score (nSPS) is 20.0. The second-order valence-electron chi connectivity index (χ2n) is 7.08. The molecular weight excluding hydrogens is 344 g/mol. The molecule has 0 bridgehead atoms. The number of rotatable bonds is 5. The van der Waals surface area contributed by atoms with E-state index in [4.69, 9.17) is 9.47 Å². The first-order chi connectivity index (χ1) is 12.1. The molecule has 1 amide bonds. The highest BCUT2D eigenvalue weighted by molar-refractivity contribution is 5.81. The molecule has 9 nitrogen and oxygen atoms in total. The maximum atomic E-state index is 12.2. The van der Waals surface area contributed by atoms with E-state index in [-0.39, 0.29) is 25.3 Å². The van der Waals surface area contributed by atoms with E-state index in [0.29, 0.717) is 0 Å². The Morgan fingerprint density at radius 3 is 2.42 bits per heavy atom. The minimum absolute atomic E-state index is 0.0170. The summed E-state index contributed by atoms with van der Waals surface area (Å²) < 4.78 is 11.0. The summed E-state index contributed by atoms with van der Waals surface area (Å²) in [7, 11) is 0. The molecule has 0 unspecified atom stereocenters. The van der Waals surface area contributed by atoms with Gasteiger partial charge in [-0.2, -0.15) is 0 Å². The third-order valence-corrected chi connectivity index (χ3v) is 3.81. The number of amides is 1. The van der Waals surface area contributed by atoms with E-state index < -0.39 is 34.7 Å². The summed E-state index contributed by atoms with van der Waals surface area (Å²) in [6, 6.07) is 4.90. The number of hydrogen-bond acceptors (Lipinski definition) is 6. The van der Waals surface area contributed by atoms with Crippen LogP contribution in [0.5, 0.6) is 0 Å². The van der Waals surface area contributed by atoms with Crippen LogP contribution in [0.4, 0.5) is 10.5 Å². The summed E-state index contributed by atoms with van der Waals surface area (Å²) >= 11 is 0. The second kappa shape index (κ2) is 7.69. The molecule has 142 valence electrons. The highest BCUT2D eigenvalue weighted by Gasteiger charge is 2.42. The summed E-state index contributed by atoms with van der Waals surface area (Å²) in [5.41, 5.74) is -0.0208. The van der Waals surface area contributed by atoms with Gasteiger partial charge in [0.15, 0.2) is 0 Å². The van der Waals surface area contributed by atoms with Crippen molar-refractivity contribution in [1.82, 2.24) is 4.90 Å². The lowest BCUT2D eigenvalue weighted by Gasteiger charge is -2.26. The van der Waals surface area contributed by atoms with Crippen molar-refractivity contribution in [3.8, 4) is 0 Å². The first-order valence-corrected chi connectivity index (χ1v) is 8.14.